The fraction of sp³-hybridized carbons (Fsp3) is 0.688. The topological polar surface area (TPSA) is 129 Å². The van der Waals surface area contributed by atoms with E-state index in [0.29, 0.717) is 30.1 Å². The number of aliphatic hydroxyl groups excluding tert-OH is 1. The Morgan fingerprint density at radius 2 is 1.89 bits per heavy atom. The number of aliphatic hydroxyl groups is 1. The SMILES string of the molecule is CC(C)OP(=O)(CN1C[C@@H](O)[C@H](n2cnc3c(N)ncnc32)C1)OC(C)C. The van der Waals surface area contributed by atoms with E-state index < -0.39 is 13.7 Å². The van der Waals surface area contributed by atoms with Crippen molar-refractivity contribution in [3.8, 4) is 0 Å². The van der Waals surface area contributed by atoms with Crippen LogP contribution in [0.4, 0.5) is 5.82 Å². The molecule has 10 nitrogen and oxygen atoms in total. The summed E-state index contributed by atoms with van der Waals surface area (Å²) < 4.78 is 26.1. The lowest BCUT2D eigenvalue weighted by Gasteiger charge is -2.26. The Labute approximate surface area is 158 Å². The fourth-order valence-corrected chi connectivity index (χ4v) is 5.52. The number of nitrogen functional groups attached to an aromatic ring is 1. The molecule has 0 aliphatic carbocycles. The molecule has 0 aromatic carbocycles. The monoisotopic (exact) mass is 398 g/mol. The molecule has 0 spiro atoms. The zero-order chi connectivity index (χ0) is 19.8. The molecule has 1 fully saturated rings. The third-order valence-corrected chi connectivity index (χ3v) is 6.43. The summed E-state index contributed by atoms with van der Waals surface area (Å²) >= 11 is 0. The first-order valence-electron chi connectivity index (χ1n) is 8.98. The number of nitrogens with zero attached hydrogens (tertiary/aromatic N) is 5. The largest absolute Gasteiger partial charge is 0.390 e. The molecule has 3 N–H and O–H groups in total. The molecule has 2 aromatic rings. The molecule has 0 amide bonds. The highest BCUT2D eigenvalue weighted by Crippen LogP contribution is 2.51. The maximum absolute atomic E-state index is 13.1. The second kappa shape index (κ2) is 7.81. The molecule has 2 atom stereocenters. The van der Waals surface area contributed by atoms with Crippen molar-refractivity contribution >= 4 is 24.6 Å². The molecule has 27 heavy (non-hydrogen) atoms. The van der Waals surface area contributed by atoms with Gasteiger partial charge in [0.1, 0.15) is 18.1 Å². The summed E-state index contributed by atoms with van der Waals surface area (Å²) in [6, 6.07) is -0.296. The van der Waals surface area contributed by atoms with Crippen molar-refractivity contribution in [3.05, 3.63) is 12.7 Å². The van der Waals surface area contributed by atoms with Gasteiger partial charge >= 0.3 is 7.60 Å². The number of likely N-dealkylation sites (tertiary alicyclic amines) is 1. The predicted octanol–water partition coefficient (Wildman–Crippen LogP) is 1.63. The van der Waals surface area contributed by atoms with Crippen LogP contribution < -0.4 is 5.73 Å². The van der Waals surface area contributed by atoms with E-state index in [1.54, 1.807) is 10.9 Å². The standard InChI is InChI=1S/C16H27N6O4P/c1-10(2)25-27(24,26-11(3)4)9-21-5-12(13(23)6-21)22-8-20-14-15(17)18-7-19-16(14)22/h7-8,10-13,23H,5-6,9H2,1-4H3,(H2,17,18,19)/t12-,13-/m1/s1. The molecule has 0 unspecified atom stereocenters. The van der Waals surface area contributed by atoms with E-state index in [9.17, 15) is 9.67 Å². The van der Waals surface area contributed by atoms with Crippen molar-refractivity contribution in [3.63, 3.8) is 0 Å². The van der Waals surface area contributed by atoms with E-state index in [-0.39, 0.29) is 24.5 Å². The molecule has 0 bridgehead atoms. The van der Waals surface area contributed by atoms with Gasteiger partial charge in [-0.1, -0.05) is 0 Å². The number of aromatic nitrogens is 4. The first-order valence-corrected chi connectivity index (χ1v) is 10.7. The van der Waals surface area contributed by atoms with Gasteiger partial charge in [0, 0.05) is 13.1 Å². The maximum atomic E-state index is 13.1. The Morgan fingerprint density at radius 3 is 2.52 bits per heavy atom. The van der Waals surface area contributed by atoms with Gasteiger partial charge in [-0.15, -0.1) is 0 Å². The van der Waals surface area contributed by atoms with E-state index in [1.807, 2.05) is 32.6 Å². The van der Waals surface area contributed by atoms with Gasteiger partial charge in [-0.2, -0.15) is 0 Å². The minimum Gasteiger partial charge on any atom is -0.390 e. The Morgan fingerprint density at radius 1 is 1.22 bits per heavy atom. The second-order valence-electron chi connectivity index (χ2n) is 7.31. The van der Waals surface area contributed by atoms with Gasteiger partial charge in [-0.3, -0.25) is 9.46 Å². The molecule has 0 radical (unpaired) electrons. The Kier molecular flexibility index (Phi) is 5.83. The highest BCUT2D eigenvalue weighted by molar-refractivity contribution is 7.53. The number of hydrogen-bond donors (Lipinski definition) is 2. The van der Waals surface area contributed by atoms with Gasteiger partial charge in [0.05, 0.1) is 30.7 Å². The van der Waals surface area contributed by atoms with Crippen LogP contribution in [0.5, 0.6) is 0 Å². The van der Waals surface area contributed by atoms with E-state index in [0.717, 1.165) is 0 Å². The summed E-state index contributed by atoms with van der Waals surface area (Å²) in [5, 5.41) is 10.6. The summed E-state index contributed by atoms with van der Waals surface area (Å²) in [5.74, 6) is 0.295. The van der Waals surface area contributed by atoms with Crippen molar-refractivity contribution in [2.24, 2.45) is 0 Å². The lowest BCUT2D eigenvalue weighted by molar-refractivity contribution is 0.128. The van der Waals surface area contributed by atoms with Crippen LogP contribution >= 0.6 is 7.60 Å². The Bertz CT molecular complexity index is 827. The third kappa shape index (κ3) is 4.47. The second-order valence-corrected chi connectivity index (χ2v) is 9.24. The van der Waals surface area contributed by atoms with Gasteiger partial charge in [0.15, 0.2) is 11.5 Å². The van der Waals surface area contributed by atoms with Crippen LogP contribution in [0.2, 0.25) is 0 Å². The minimum atomic E-state index is -3.32. The zero-order valence-corrected chi connectivity index (χ0v) is 16.9. The van der Waals surface area contributed by atoms with Gasteiger partial charge in [0.2, 0.25) is 0 Å². The number of nitrogens with two attached hydrogens (primary N) is 1. The van der Waals surface area contributed by atoms with Gasteiger partial charge in [0.25, 0.3) is 0 Å². The average molecular weight is 398 g/mol. The summed E-state index contributed by atoms with van der Waals surface area (Å²) in [5.41, 5.74) is 6.90. The molecular formula is C16H27N6O4P. The van der Waals surface area contributed by atoms with Crippen LogP contribution in [-0.2, 0) is 13.6 Å². The smallest absolute Gasteiger partial charge is 0.345 e. The fourth-order valence-electron chi connectivity index (χ4n) is 3.33. The third-order valence-electron chi connectivity index (χ3n) is 4.20. The maximum Gasteiger partial charge on any atom is 0.345 e. The molecule has 150 valence electrons. The van der Waals surface area contributed by atoms with Crippen LogP contribution in [0.25, 0.3) is 11.2 Å². The Hall–Kier alpha value is -1.58. The van der Waals surface area contributed by atoms with Gasteiger partial charge in [-0.25, -0.2) is 15.0 Å². The van der Waals surface area contributed by atoms with Gasteiger partial charge in [-0.05, 0) is 27.7 Å². The van der Waals surface area contributed by atoms with Gasteiger partial charge < -0.3 is 24.5 Å². The first-order chi connectivity index (χ1) is 12.7. The molecule has 3 rings (SSSR count). The summed E-state index contributed by atoms with van der Waals surface area (Å²) in [6.07, 6.45) is 1.95. The quantitative estimate of drug-likeness (QED) is 0.669. The highest BCUT2D eigenvalue weighted by atomic mass is 31.2. The molecule has 1 saturated heterocycles. The van der Waals surface area contributed by atoms with Crippen LogP contribution in [0.15, 0.2) is 12.7 Å². The predicted molar refractivity (Wildman–Crippen MR) is 101 cm³/mol. The van der Waals surface area contributed by atoms with Crippen LogP contribution in [-0.4, -0.2) is 67.2 Å². The molecule has 2 aromatic heterocycles. The van der Waals surface area contributed by atoms with Crippen molar-refractivity contribution in [1.29, 1.82) is 0 Å². The number of imidazole rings is 1. The first kappa shape index (κ1) is 20.2. The van der Waals surface area contributed by atoms with Crippen LogP contribution in [0.1, 0.15) is 33.7 Å². The van der Waals surface area contributed by atoms with Crippen molar-refractivity contribution in [2.75, 3.05) is 25.1 Å². The molecule has 11 heteroatoms. The van der Waals surface area contributed by atoms with Crippen LogP contribution in [0, 0.1) is 0 Å². The zero-order valence-electron chi connectivity index (χ0n) is 16.0. The molecule has 0 saturated carbocycles. The summed E-state index contributed by atoms with van der Waals surface area (Å²) in [6.45, 7) is 8.08. The van der Waals surface area contributed by atoms with E-state index in [1.165, 1.54) is 6.33 Å². The Balaban J connectivity index is 1.79. The lowest BCUT2D eigenvalue weighted by Crippen LogP contribution is -2.26. The van der Waals surface area contributed by atoms with Crippen molar-refractivity contribution in [2.45, 2.75) is 52.0 Å². The molecule has 1 aliphatic heterocycles. The minimum absolute atomic E-state index is 0.112. The highest BCUT2D eigenvalue weighted by Gasteiger charge is 2.39. The van der Waals surface area contributed by atoms with E-state index in [4.69, 9.17) is 14.8 Å². The van der Waals surface area contributed by atoms with Crippen molar-refractivity contribution in [1.82, 2.24) is 24.4 Å². The van der Waals surface area contributed by atoms with Crippen LogP contribution in [0.3, 0.4) is 0 Å². The number of rotatable bonds is 7. The number of fused-ring (bicyclic) bond motifs is 1. The number of hydrogen-bond acceptors (Lipinski definition) is 9. The lowest BCUT2D eigenvalue weighted by atomic mass is 10.2. The molecule has 3 heterocycles. The number of β-amino-alcohol motifs (C(OH)–C–C–N with tert-alkyl or cyclic N) is 1. The summed E-state index contributed by atoms with van der Waals surface area (Å²) in [7, 11) is -3.32. The number of anilines is 1. The van der Waals surface area contributed by atoms with Crippen molar-refractivity contribution < 1.29 is 18.7 Å². The normalized spacial score (nSPS) is 21.7. The average Bonchev–Trinajstić information content (AvgIpc) is 3.09. The van der Waals surface area contributed by atoms with E-state index in [2.05, 4.69) is 15.0 Å². The van der Waals surface area contributed by atoms with E-state index >= 15 is 0 Å². The molecular weight excluding hydrogens is 371 g/mol. The molecule has 1 aliphatic rings. The summed E-state index contributed by atoms with van der Waals surface area (Å²) in [4.78, 5) is 14.3.